The van der Waals surface area contributed by atoms with Gasteiger partial charge in [-0.15, -0.1) is 0 Å². The van der Waals surface area contributed by atoms with Gasteiger partial charge < -0.3 is 9.94 Å². The van der Waals surface area contributed by atoms with Crippen LogP contribution in [0.15, 0.2) is 90.1 Å². The molecule has 0 amide bonds. The molecule has 0 heterocycles. The Morgan fingerprint density at radius 2 is 1.30 bits per heavy atom. The molecule has 0 unspecified atom stereocenters. The molecule has 0 fully saturated rings. The lowest BCUT2D eigenvalue weighted by Crippen LogP contribution is -2.03. The van der Waals surface area contributed by atoms with E-state index in [4.69, 9.17) is 4.74 Å². The molecule has 0 aromatic heterocycles. The maximum Gasteiger partial charge on any atom is 0.119 e. The van der Waals surface area contributed by atoms with Crippen molar-refractivity contribution in [2.75, 3.05) is 0 Å². The number of nitrogens with zero attached hydrogens (tertiary/aromatic N) is 1. The van der Waals surface area contributed by atoms with Gasteiger partial charge in [0, 0.05) is 11.1 Å². The number of hydrogen-bond donors (Lipinski definition) is 1. The molecule has 0 bridgehead atoms. The minimum atomic E-state index is 0.528. The summed E-state index contributed by atoms with van der Waals surface area (Å²) in [6.45, 7) is 0.528. The van der Waals surface area contributed by atoms with Crippen LogP contribution in [0.1, 0.15) is 16.7 Å². The van der Waals surface area contributed by atoms with Crippen LogP contribution in [0, 0.1) is 0 Å². The molecule has 0 spiro atoms. The molecule has 3 aromatic carbocycles. The van der Waals surface area contributed by atoms with Crippen LogP contribution in [0.2, 0.25) is 0 Å². The van der Waals surface area contributed by atoms with Crippen LogP contribution in [0.4, 0.5) is 0 Å². The van der Waals surface area contributed by atoms with Gasteiger partial charge in [-0.1, -0.05) is 65.8 Å². The molecule has 0 aliphatic rings. The fourth-order valence-electron chi connectivity index (χ4n) is 2.33. The molecule has 1 N–H and O–H groups in total. The van der Waals surface area contributed by atoms with Crippen LogP contribution in [-0.4, -0.2) is 10.9 Å². The summed E-state index contributed by atoms with van der Waals surface area (Å²) in [5, 5.41) is 12.7. The largest absolute Gasteiger partial charge is 0.489 e. The first-order valence-electron chi connectivity index (χ1n) is 7.41. The Labute approximate surface area is 135 Å². The second-order valence-corrected chi connectivity index (χ2v) is 5.11. The van der Waals surface area contributed by atoms with Crippen LogP contribution in [0.3, 0.4) is 0 Å². The lowest BCUT2D eigenvalue weighted by Gasteiger charge is -2.08. The van der Waals surface area contributed by atoms with Gasteiger partial charge in [-0.25, -0.2) is 0 Å². The molecule has 0 saturated heterocycles. The second-order valence-electron chi connectivity index (χ2n) is 5.11. The smallest absolute Gasteiger partial charge is 0.119 e. The number of ether oxygens (including phenoxy) is 1. The monoisotopic (exact) mass is 303 g/mol. The zero-order valence-electron chi connectivity index (χ0n) is 12.6. The molecule has 0 radical (unpaired) electrons. The van der Waals surface area contributed by atoms with Crippen molar-refractivity contribution < 1.29 is 9.94 Å². The molecule has 0 atom stereocenters. The molecular weight excluding hydrogens is 286 g/mol. The number of oxime groups is 1. The maximum absolute atomic E-state index is 9.31. The summed E-state index contributed by atoms with van der Waals surface area (Å²) in [4.78, 5) is 0. The van der Waals surface area contributed by atoms with Gasteiger partial charge in [0.05, 0.1) is 0 Å². The topological polar surface area (TPSA) is 41.8 Å². The Morgan fingerprint density at radius 3 is 1.91 bits per heavy atom. The molecule has 0 aliphatic heterocycles. The molecule has 3 nitrogen and oxygen atoms in total. The van der Waals surface area contributed by atoms with Gasteiger partial charge in [0.15, 0.2) is 0 Å². The number of hydrogen-bond acceptors (Lipinski definition) is 3. The van der Waals surface area contributed by atoms with Gasteiger partial charge in [0.2, 0.25) is 0 Å². The summed E-state index contributed by atoms with van der Waals surface area (Å²) in [6.07, 6.45) is 0. The van der Waals surface area contributed by atoms with Crippen LogP contribution < -0.4 is 4.74 Å². The summed E-state index contributed by atoms with van der Waals surface area (Å²) < 4.78 is 5.76. The Balaban J connectivity index is 1.72. The molecule has 114 valence electrons. The minimum absolute atomic E-state index is 0.528. The highest BCUT2D eigenvalue weighted by Crippen LogP contribution is 2.17. The van der Waals surface area contributed by atoms with Gasteiger partial charge in [0.1, 0.15) is 18.1 Å². The highest BCUT2D eigenvalue weighted by Gasteiger charge is 2.07. The highest BCUT2D eigenvalue weighted by molar-refractivity contribution is 6.12. The third-order valence-corrected chi connectivity index (χ3v) is 3.52. The van der Waals surface area contributed by atoms with Crippen molar-refractivity contribution in [3.05, 3.63) is 102 Å². The van der Waals surface area contributed by atoms with E-state index >= 15 is 0 Å². The van der Waals surface area contributed by atoms with Crippen molar-refractivity contribution in [2.24, 2.45) is 5.16 Å². The third kappa shape index (κ3) is 3.77. The van der Waals surface area contributed by atoms with Gasteiger partial charge in [-0.2, -0.15) is 0 Å². The third-order valence-electron chi connectivity index (χ3n) is 3.52. The predicted molar refractivity (Wildman–Crippen MR) is 91.1 cm³/mol. The van der Waals surface area contributed by atoms with Crippen molar-refractivity contribution in [2.45, 2.75) is 6.61 Å². The van der Waals surface area contributed by atoms with E-state index in [2.05, 4.69) is 5.16 Å². The van der Waals surface area contributed by atoms with Crippen LogP contribution in [0.5, 0.6) is 5.75 Å². The zero-order valence-corrected chi connectivity index (χ0v) is 12.6. The first kappa shape index (κ1) is 14.9. The van der Waals surface area contributed by atoms with Crippen molar-refractivity contribution >= 4 is 5.71 Å². The van der Waals surface area contributed by atoms with Gasteiger partial charge in [-0.05, 0) is 29.8 Å². The van der Waals surface area contributed by atoms with E-state index in [1.807, 2.05) is 84.9 Å². The van der Waals surface area contributed by atoms with Crippen molar-refractivity contribution in [1.29, 1.82) is 0 Å². The first-order valence-corrected chi connectivity index (χ1v) is 7.41. The Hall–Kier alpha value is -3.07. The maximum atomic E-state index is 9.31. The Morgan fingerprint density at radius 1 is 0.739 bits per heavy atom. The lowest BCUT2D eigenvalue weighted by atomic mass is 10.0. The summed E-state index contributed by atoms with van der Waals surface area (Å²) in [6, 6.07) is 27.2. The molecule has 3 heteroatoms. The quantitative estimate of drug-likeness (QED) is 0.428. The van der Waals surface area contributed by atoms with E-state index in [1.54, 1.807) is 0 Å². The molecular formula is C20H17NO2. The van der Waals surface area contributed by atoms with Crippen LogP contribution >= 0.6 is 0 Å². The van der Waals surface area contributed by atoms with Gasteiger partial charge >= 0.3 is 0 Å². The Kier molecular flexibility index (Phi) is 4.69. The summed E-state index contributed by atoms with van der Waals surface area (Å²) in [5.41, 5.74) is 3.37. The van der Waals surface area contributed by atoms with E-state index in [0.717, 1.165) is 22.4 Å². The first-order chi connectivity index (χ1) is 11.4. The number of rotatable bonds is 5. The normalized spacial score (nSPS) is 11.2. The average molecular weight is 303 g/mol. The number of benzene rings is 3. The SMILES string of the molecule is ON=C(c1ccccc1)c1ccc(OCc2ccccc2)cc1. The van der Waals surface area contributed by atoms with E-state index in [1.165, 1.54) is 0 Å². The molecule has 0 aliphatic carbocycles. The summed E-state index contributed by atoms with van der Waals surface area (Å²) in [7, 11) is 0. The molecule has 0 saturated carbocycles. The molecule has 23 heavy (non-hydrogen) atoms. The fraction of sp³-hybridized carbons (Fsp3) is 0.0500. The van der Waals surface area contributed by atoms with E-state index in [9.17, 15) is 5.21 Å². The average Bonchev–Trinajstić information content (AvgIpc) is 2.63. The van der Waals surface area contributed by atoms with E-state index < -0.39 is 0 Å². The van der Waals surface area contributed by atoms with Crippen LogP contribution in [0.25, 0.3) is 0 Å². The van der Waals surface area contributed by atoms with Gasteiger partial charge in [-0.3, -0.25) is 0 Å². The predicted octanol–water partition coefficient (Wildman–Crippen LogP) is 4.49. The van der Waals surface area contributed by atoms with Crippen molar-refractivity contribution in [1.82, 2.24) is 0 Å². The van der Waals surface area contributed by atoms with Gasteiger partial charge in [0.25, 0.3) is 0 Å². The molecule has 3 aromatic rings. The van der Waals surface area contributed by atoms with E-state index in [0.29, 0.717) is 12.3 Å². The van der Waals surface area contributed by atoms with E-state index in [-0.39, 0.29) is 0 Å². The minimum Gasteiger partial charge on any atom is -0.489 e. The van der Waals surface area contributed by atoms with Crippen molar-refractivity contribution in [3.63, 3.8) is 0 Å². The van der Waals surface area contributed by atoms with Crippen LogP contribution in [-0.2, 0) is 6.61 Å². The lowest BCUT2D eigenvalue weighted by molar-refractivity contribution is 0.306. The summed E-state index contributed by atoms with van der Waals surface area (Å²) in [5.74, 6) is 0.781. The highest BCUT2D eigenvalue weighted by atomic mass is 16.5. The Bertz CT molecular complexity index is 766. The van der Waals surface area contributed by atoms with Crippen molar-refractivity contribution in [3.8, 4) is 5.75 Å². The summed E-state index contributed by atoms with van der Waals surface area (Å²) >= 11 is 0. The molecule has 3 rings (SSSR count). The second kappa shape index (κ2) is 7.27. The fourth-order valence-corrected chi connectivity index (χ4v) is 2.33. The zero-order chi connectivity index (χ0) is 15.9. The standard InChI is InChI=1S/C20H17NO2/c22-21-20(17-9-5-2-6-10-17)18-11-13-19(14-12-18)23-15-16-7-3-1-4-8-16/h1-14,22H,15H2.